The number of aromatic nitrogens is 5. The van der Waals surface area contributed by atoms with Crippen LogP contribution in [0.3, 0.4) is 0 Å². The zero-order chi connectivity index (χ0) is 56.3. The van der Waals surface area contributed by atoms with Crippen LogP contribution < -0.4 is 30.9 Å². The van der Waals surface area contributed by atoms with Crippen LogP contribution in [0.15, 0.2) is 96.6 Å². The zero-order valence-electron chi connectivity index (χ0n) is 45.5. The molecule has 3 aromatic carbocycles. The quantitative estimate of drug-likeness (QED) is 0.0655. The number of alkyl halides is 1. The lowest BCUT2D eigenvalue weighted by atomic mass is 9.85. The number of anilines is 2. The molecule has 1 saturated carbocycles. The van der Waals surface area contributed by atoms with Crippen LogP contribution in [0.1, 0.15) is 74.9 Å². The van der Waals surface area contributed by atoms with Gasteiger partial charge in [-0.05, 0) is 73.1 Å². The predicted molar refractivity (Wildman–Crippen MR) is 299 cm³/mol. The monoisotopic (exact) mass is 1110 g/mol. The van der Waals surface area contributed by atoms with Crippen molar-refractivity contribution in [1.82, 2.24) is 50.5 Å². The van der Waals surface area contributed by atoms with Gasteiger partial charge in [-0.1, -0.05) is 80.9 Å². The van der Waals surface area contributed by atoms with E-state index in [4.69, 9.17) is 24.5 Å². The molecule has 6 heterocycles. The second kappa shape index (κ2) is 23.5. The van der Waals surface area contributed by atoms with Crippen molar-refractivity contribution in [2.24, 2.45) is 5.41 Å². The van der Waals surface area contributed by atoms with Gasteiger partial charge in [0.1, 0.15) is 17.9 Å². The second-order valence-electron chi connectivity index (χ2n) is 22.2. The lowest BCUT2D eigenvalue weighted by molar-refractivity contribution is -0.145. The molecule has 4 fully saturated rings. The SMILES string of the molecule is Cc1cccc(-c2ccn(-c3cc(N4CCOCC4)nc(OCCc4ccc(NC(=O)NC5CN(C(=O)C[C@H](NC(=O)[C@@H]6C[C@@H](O)CN6C(=O)[C@@H](NC(=O)C6(F)CC6)C(C)(C)C)c6ccc(-c7scnc7C)cc6)C5)cc4)n3)n2)c1. The molecule has 4 aliphatic rings. The fourth-order valence-electron chi connectivity index (χ4n) is 10.1. The normalized spacial score (nSPS) is 18.7. The summed E-state index contributed by atoms with van der Waals surface area (Å²) in [6, 6.07) is 23.2. The molecule has 420 valence electrons. The molecule has 0 bridgehead atoms. The van der Waals surface area contributed by atoms with Crippen molar-refractivity contribution in [3.8, 4) is 33.5 Å². The number of aryl methyl sites for hydroxylation is 2. The van der Waals surface area contributed by atoms with Gasteiger partial charge in [0.25, 0.3) is 5.91 Å². The lowest BCUT2D eigenvalue weighted by Crippen LogP contribution is -2.62. The summed E-state index contributed by atoms with van der Waals surface area (Å²) >= 11 is 1.50. The van der Waals surface area contributed by atoms with Gasteiger partial charge in [0.05, 0.1) is 66.2 Å². The first-order valence-corrected chi connectivity index (χ1v) is 27.9. The van der Waals surface area contributed by atoms with Gasteiger partial charge >= 0.3 is 12.0 Å². The van der Waals surface area contributed by atoms with Crippen LogP contribution in [0.2, 0.25) is 0 Å². The van der Waals surface area contributed by atoms with Crippen LogP contribution >= 0.6 is 11.3 Å². The number of halogens is 1. The summed E-state index contributed by atoms with van der Waals surface area (Å²) < 4.78 is 28.3. The van der Waals surface area contributed by atoms with Crippen LogP contribution in [0.25, 0.3) is 27.5 Å². The lowest BCUT2D eigenvalue weighted by Gasteiger charge is -2.40. The number of benzene rings is 3. The number of carbonyl (C=O) groups excluding carboxylic acids is 5. The van der Waals surface area contributed by atoms with E-state index in [0.717, 1.165) is 44.3 Å². The van der Waals surface area contributed by atoms with Gasteiger partial charge < -0.3 is 50.5 Å². The molecule has 4 atom stereocenters. The van der Waals surface area contributed by atoms with Gasteiger partial charge in [0, 0.05) is 69.1 Å². The molecule has 3 aromatic heterocycles. The van der Waals surface area contributed by atoms with Crippen molar-refractivity contribution in [2.75, 3.05) is 62.8 Å². The van der Waals surface area contributed by atoms with Gasteiger partial charge in [-0.25, -0.2) is 18.9 Å². The van der Waals surface area contributed by atoms with E-state index in [1.54, 1.807) is 48.0 Å². The highest BCUT2D eigenvalue weighted by molar-refractivity contribution is 7.13. The summed E-state index contributed by atoms with van der Waals surface area (Å²) in [6.07, 6.45) is 1.31. The molecule has 0 spiro atoms. The number of nitrogens with zero attached hydrogens (tertiary/aromatic N) is 8. The Balaban J connectivity index is 0.731. The molecular formula is C58H67FN12O8S. The number of morpholine rings is 1. The largest absolute Gasteiger partial charge is 0.463 e. The van der Waals surface area contributed by atoms with Crippen molar-refractivity contribution >= 4 is 52.5 Å². The Kier molecular flexibility index (Phi) is 16.3. The smallest absolute Gasteiger partial charge is 0.320 e. The molecule has 0 unspecified atom stereocenters. The second-order valence-corrected chi connectivity index (χ2v) is 23.0. The number of urea groups is 1. The average molecular weight is 1110 g/mol. The standard InChI is InChI=1S/C58H67FN12O8S/c1-35-7-6-8-40(27-35)44-17-21-71(67-44)48-30-47(68-22-25-78-26-23-68)64-56(65-48)79-24-18-37-9-15-41(16-10-37)61-55(77)62-42-31-69(32-42)49(73)29-45(38-11-13-39(14-12-38)50-36(2)60-34-80-50)63-52(74)46-28-43(72)33-70(46)53(75)51(57(3,4)5)66-54(76)58(59)19-20-58/h6-17,21,27,30,34,42-43,45-46,51,72H,18-20,22-26,28-29,31-33H2,1-5H3,(H,63,74)(H,66,76)(H2,61,62,77)/t43-,45+,46+,51-/m1/s1. The summed E-state index contributed by atoms with van der Waals surface area (Å²) in [6.45, 7) is 12.3. The number of aliphatic hydroxyl groups excluding tert-OH is 1. The van der Waals surface area contributed by atoms with Crippen LogP contribution in [0, 0.1) is 19.3 Å². The maximum absolute atomic E-state index is 14.8. The van der Waals surface area contributed by atoms with E-state index < -0.39 is 59.1 Å². The third-order valence-electron chi connectivity index (χ3n) is 14.9. The summed E-state index contributed by atoms with van der Waals surface area (Å²) in [7, 11) is 0. The van der Waals surface area contributed by atoms with Crippen molar-refractivity contribution < 1.29 is 42.9 Å². The maximum Gasteiger partial charge on any atom is 0.320 e. The predicted octanol–water partition coefficient (Wildman–Crippen LogP) is 6.10. The molecule has 3 saturated heterocycles. The first kappa shape index (κ1) is 55.5. The maximum atomic E-state index is 14.8. The van der Waals surface area contributed by atoms with Crippen molar-refractivity contribution in [3.63, 3.8) is 0 Å². The van der Waals surface area contributed by atoms with Gasteiger partial charge in [-0.15, -0.1) is 11.3 Å². The highest BCUT2D eigenvalue weighted by Gasteiger charge is 2.53. The molecule has 1 aliphatic carbocycles. The first-order chi connectivity index (χ1) is 38.3. The molecule has 5 N–H and O–H groups in total. The van der Waals surface area contributed by atoms with E-state index >= 15 is 0 Å². The number of hydrogen-bond acceptors (Lipinski definition) is 14. The molecule has 80 heavy (non-hydrogen) atoms. The van der Waals surface area contributed by atoms with Crippen LogP contribution in [-0.2, 0) is 30.3 Å². The molecule has 3 aliphatic heterocycles. The third kappa shape index (κ3) is 13.1. The minimum Gasteiger partial charge on any atom is -0.463 e. The summed E-state index contributed by atoms with van der Waals surface area (Å²) in [5.41, 5.74) is 5.83. The number of hydrogen-bond donors (Lipinski definition) is 5. The minimum atomic E-state index is -2.02. The first-order valence-electron chi connectivity index (χ1n) is 27.1. The van der Waals surface area contributed by atoms with Gasteiger partial charge in [0.2, 0.25) is 17.7 Å². The number of amides is 6. The number of nitrogens with one attached hydrogen (secondary N) is 4. The number of β-amino-alcohol motifs (C(OH)–C–C–N with tert-alkyl or cyclic N) is 1. The van der Waals surface area contributed by atoms with Gasteiger partial charge in [0.15, 0.2) is 11.5 Å². The Bertz CT molecular complexity index is 3220. The Hall–Kier alpha value is -7.82. The van der Waals surface area contributed by atoms with Gasteiger partial charge in [-0.2, -0.15) is 15.1 Å². The fraction of sp³-hybridized carbons (Fsp3) is 0.431. The number of carbonyl (C=O) groups is 5. The number of thiazole rings is 1. The van der Waals surface area contributed by atoms with Crippen LogP contribution in [0.5, 0.6) is 6.01 Å². The molecule has 22 heteroatoms. The van der Waals surface area contributed by atoms with Crippen molar-refractivity contribution in [3.05, 3.63) is 119 Å². The van der Waals surface area contributed by atoms with Gasteiger partial charge in [-0.3, -0.25) is 19.2 Å². The van der Waals surface area contributed by atoms with E-state index in [0.29, 0.717) is 56.4 Å². The van der Waals surface area contributed by atoms with E-state index in [1.165, 1.54) is 16.2 Å². The minimum absolute atomic E-state index is 0.0684. The van der Waals surface area contributed by atoms with Crippen LogP contribution in [-0.4, -0.2) is 152 Å². The van der Waals surface area contributed by atoms with E-state index in [-0.39, 0.29) is 63.3 Å². The topological polar surface area (TPSA) is 238 Å². The Morgan fingerprint density at radius 3 is 2.33 bits per heavy atom. The number of ether oxygens (including phenoxy) is 2. The zero-order valence-corrected chi connectivity index (χ0v) is 46.3. The summed E-state index contributed by atoms with van der Waals surface area (Å²) in [4.78, 5) is 88.3. The molecule has 20 nitrogen and oxygen atoms in total. The number of aliphatic hydroxyl groups is 1. The van der Waals surface area contributed by atoms with Crippen molar-refractivity contribution in [1.29, 1.82) is 0 Å². The molecule has 6 aromatic rings. The molecule has 10 rings (SSSR count). The Morgan fingerprint density at radius 1 is 0.900 bits per heavy atom. The summed E-state index contributed by atoms with van der Waals surface area (Å²) in [5.74, 6) is -1.04. The number of rotatable bonds is 18. The highest BCUT2D eigenvalue weighted by atomic mass is 32.1. The summed E-state index contributed by atoms with van der Waals surface area (Å²) in [5, 5.41) is 27.1. The molecule has 0 radical (unpaired) electrons. The van der Waals surface area contributed by atoms with Crippen LogP contribution in [0.4, 0.5) is 20.7 Å². The Morgan fingerprint density at radius 2 is 1.64 bits per heavy atom. The number of likely N-dealkylation sites (tertiary alicyclic amines) is 2. The molecular weight excluding hydrogens is 1040 g/mol. The fourth-order valence-corrected chi connectivity index (χ4v) is 10.9. The van der Waals surface area contributed by atoms with E-state index in [2.05, 4.69) is 37.2 Å². The molecule has 6 amide bonds. The van der Waals surface area contributed by atoms with E-state index in [1.807, 2.05) is 86.8 Å². The van der Waals surface area contributed by atoms with Crippen molar-refractivity contribution in [2.45, 2.75) is 103 Å². The third-order valence-corrected chi connectivity index (χ3v) is 15.9. The average Bonchev–Trinajstić information content (AvgIpc) is 3.73. The Labute approximate surface area is 467 Å². The highest BCUT2D eigenvalue weighted by Crippen LogP contribution is 2.41. The van der Waals surface area contributed by atoms with E-state index in [9.17, 15) is 33.5 Å².